The summed E-state index contributed by atoms with van der Waals surface area (Å²) in [5.41, 5.74) is 2.17. The number of non-ortho nitro benzene ring substituents is 1. The quantitative estimate of drug-likeness (QED) is 0.232. The highest BCUT2D eigenvalue weighted by atomic mass is 79.9. The zero-order valence-electron chi connectivity index (χ0n) is 12.6. The van der Waals surface area contributed by atoms with Crippen LogP contribution in [0.1, 0.15) is 0 Å². The first-order valence-corrected chi connectivity index (χ1v) is 8.30. The summed E-state index contributed by atoms with van der Waals surface area (Å²) in [6, 6.07) is 23.1. The molecule has 4 aromatic carbocycles. The predicted molar refractivity (Wildman–Crippen MR) is 101 cm³/mol. The lowest BCUT2D eigenvalue weighted by molar-refractivity contribution is -0.384. The van der Waals surface area contributed by atoms with Crippen molar-refractivity contribution in [3.8, 4) is 11.1 Å². The van der Waals surface area contributed by atoms with Crippen molar-refractivity contribution in [2.45, 2.75) is 0 Å². The number of rotatable bonds is 2. The molecule has 24 heavy (non-hydrogen) atoms. The van der Waals surface area contributed by atoms with Gasteiger partial charge in [-0.25, -0.2) is 0 Å². The second kappa shape index (κ2) is 5.73. The Morgan fingerprint density at radius 3 is 1.62 bits per heavy atom. The molecule has 0 amide bonds. The third kappa shape index (κ3) is 2.27. The van der Waals surface area contributed by atoms with Gasteiger partial charge >= 0.3 is 0 Å². The lowest BCUT2D eigenvalue weighted by Crippen LogP contribution is -1.89. The average Bonchev–Trinajstić information content (AvgIpc) is 2.62. The molecule has 0 aliphatic heterocycles. The fourth-order valence-corrected chi connectivity index (χ4v) is 3.83. The minimum Gasteiger partial charge on any atom is -0.258 e. The second-order valence-corrected chi connectivity index (χ2v) is 6.38. The van der Waals surface area contributed by atoms with Crippen molar-refractivity contribution in [3.05, 3.63) is 87.4 Å². The van der Waals surface area contributed by atoms with E-state index in [1.165, 1.54) is 0 Å². The van der Waals surface area contributed by atoms with E-state index < -0.39 is 0 Å². The third-order valence-electron chi connectivity index (χ3n) is 4.23. The van der Waals surface area contributed by atoms with E-state index in [9.17, 15) is 10.1 Å². The molecule has 0 aliphatic rings. The lowest BCUT2D eigenvalue weighted by atomic mass is 9.92. The molecule has 0 N–H and O–H groups in total. The number of nitro groups is 1. The first kappa shape index (κ1) is 14.8. The summed E-state index contributed by atoms with van der Waals surface area (Å²) in [6.45, 7) is 0. The van der Waals surface area contributed by atoms with Crippen LogP contribution >= 0.6 is 15.9 Å². The number of benzene rings is 4. The Bertz CT molecular complexity index is 1030. The first-order chi connectivity index (χ1) is 11.7. The highest BCUT2D eigenvalue weighted by Gasteiger charge is 2.14. The van der Waals surface area contributed by atoms with Crippen molar-refractivity contribution in [3.63, 3.8) is 0 Å². The maximum Gasteiger partial charge on any atom is 0.269 e. The minimum atomic E-state index is -0.373. The number of nitrogens with zero attached hydrogens (tertiary/aromatic N) is 1. The molecule has 4 rings (SSSR count). The lowest BCUT2D eigenvalue weighted by Gasteiger charge is -2.14. The fraction of sp³-hybridized carbons (Fsp3) is 0. The Hall–Kier alpha value is -2.72. The maximum atomic E-state index is 10.9. The molecule has 0 atom stereocenters. The van der Waals surface area contributed by atoms with Crippen LogP contribution in [0.5, 0.6) is 0 Å². The van der Waals surface area contributed by atoms with Gasteiger partial charge in [-0.15, -0.1) is 0 Å². The molecular formula is C20H12BrNO2. The van der Waals surface area contributed by atoms with Gasteiger partial charge in [-0.1, -0.05) is 48.5 Å². The molecule has 4 heteroatoms. The zero-order valence-corrected chi connectivity index (χ0v) is 14.2. The number of halogens is 1. The number of fused-ring (bicyclic) bond motifs is 2. The smallest absolute Gasteiger partial charge is 0.258 e. The molecular weight excluding hydrogens is 366 g/mol. The maximum absolute atomic E-state index is 10.9. The molecule has 0 aromatic heterocycles. The van der Waals surface area contributed by atoms with Gasteiger partial charge in [-0.3, -0.25) is 10.1 Å². The topological polar surface area (TPSA) is 43.1 Å². The molecule has 0 radical (unpaired) electrons. The van der Waals surface area contributed by atoms with Gasteiger partial charge in [-0.05, 0) is 60.7 Å². The molecule has 0 unspecified atom stereocenters. The monoisotopic (exact) mass is 377 g/mol. The van der Waals surface area contributed by atoms with Gasteiger partial charge in [0.05, 0.1) is 4.92 Å². The van der Waals surface area contributed by atoms with Gasteiger partial charge < -0.3 is 0 Å². The Morgan fingerprint density at radius 2 is 1.17 bits per heavy atom. The molecule has 0 saturated heterocycles. The molecule has 0 heterocycles. The van der Waals surface area contributed by atoms with E-state index >= 15 is 0 Å². The number of hydrogen-bond donors (Lipinski definition) is 0. The van der Waals surface area contributed by atoms with Gasteiger partial charge in [0.2, 0.25) is 0 Å². The normalized spacial score (nSPS) is 11.0. The van der Waals surface area contributed by atoms with E-state index in [0.29, 0.717) is 0 Å². The molecule has 0 aliphatic carbocycles. The number of nitro benzene ring substituents is 1. The summed E-state index contributed by atoms with van der Waals surface area (Å²) in [6.07, 6.45) is 0. The van der Waals surface area contributed by atoms with Crippen LogP contribution < -0.4 is 0 Å². The zero-order chi connectivity index (χ0) is 16.7. The van der Waals surface area contributed by atoms with E-state index in [1.807, 2.05) is 36.4 Å². The van der Waals surface area contributed by atoms with Crippen molar-refractivity contribution in [1.82, 2.24) is 0 Å². The SMILES string of the molecule is O=[N+]([O-])c1ccc(-c2c3ccccc3c(Br)c3ccccc23)cc1. The first-order valence-electron chi connectivity index (χ1n) is 7.50. The van der Waals surface area contributed by atoms with Gasteiger partial charge in [0.15, 0.2) is 0 Å². The average molecular weight is 378 g/mol. The molecule has 0 saturated carbocycles. The van der Waals surface area contributed by atoms with Crippen molar-refractivity contribution < 1.29 is 4.92 Å². The summed E-state index contributed by atoms with van der Waals surface area (Å²) < 4.78 is 1.07. The van der Waals surface area contributed by atoms with Crippen LogP contribution in [0, 0.1) is 10.1 Å². The van der Waals surface area contributed by atoms with Crippen LogP contribution in [0.15, 0.2) is 77.3 Å². The molecule has 0 fully saturated rings. The van der Waals surface area contributed by atoms with Gasteiger partial charge in [0, 0.05) is 16.6 Å². The van der Waals surface area contributed by atoms with Crippen LogP contribution in [-0.4, -0.2) is 4.92 Å². The van der Waals surface area contributed by atoms with Crippen LogP contribution in [0.25, 0.3) is 32.7 Å². The van der Waals surface area contributed by atoms with Crippen LogP contribution in [0.3, 0.4) is 0 Å². The van der Waals surface area contributed by atoms with Crippen molar-refractivity contribution >= 4 is 43.2 Å². The van der Waals surface area contributed by atoms with E-state index in [0.717, 1.165) is 37.1 Å². The summed E-state index contributed by atoms with van der Waals surface area (Å²) in [5.74, 6) is 0. The van der Waals surface area contributed by atoms with Crippen molar-refractivity contribution in [1.29, 1.82) is 0 Å². The minimum absolute atomic E-state index is 0.101. The fourth-order valence-electron chi connectivity index (χ4n) is 3.14. The Balaban J connectivity index is 2.12. The van der Waals surface area contributed by atoms with E-state index in [2.05, 4.69) is 40.2 Å². The second-order valence-electron chi connectivity index (χ2n) is 5.58. The van der Waals surface area contributed by atoms with E-state index in [4.69, 9.17) is 0 Å². The molecule has 0 bridgehead atoms. The van der Waals surface area contributed by atoms with Crippen LogP contribution in [0.4, 0.5) is 5.69 Å². The highest BCUT2D eigenvalue weighted by Crippen LogP contribution is 2.41. The highest BCUT2D eigenvalue weighted by molar-refractivity contribution is 9.10. The van der Waals surface area contributed by atoms with Gasteiger partial charge in [0.25, 0.3) is 5.69 Å². The third-order valence-corrected chi connectivity index (χ3v) is 5.09. The number of hydrogen-bond acceptors (Lipinski definition) is 2. The summed E-state index contributed by atoms with van der Waals surface area (Å²) >= 11 is 3.73. The Kier molecular flexibility index (Phi) is 3.54. The van der Waals surface area contributed by atoms with Gasteiger partial charge in [-0.2, -0.15) is 0 Å². The predicted octanol–water partition coefficient (Wildman–Crippen LogP) is 6.33. The summed E-state index contributed by atoms with van der Waals surface area (Å²) in [7, 11) is 0. The molecule has 3 nitrogen and oxygen atoms in total. The van der Waals surface area contributed by atoms with Crippen molar-refractivity contribution in [2.24, 2.45) is 0 Å². The van der Waals surface area contributed by atoms with Gasteiger partial charge in [0.1, 0.15) is 0 Å². The molecule has 4 aromatic rings. The summed E-state index contributed by atoms with van der Waals surface area (Å²) in [4.78, 5) is 10.5. The molecule has 116 valence electrons. The molecule has 0 spiro atoms. The van der Waals surface area contributed by atoms with E-state index in [-0.39, 0.29) is 10.6 Å². The van der Waals surface area contributed by atoms with E-state index in [1.54, 1.807) is 12.1 Å². The van der Waals surface area contributed by atoms with Crippen LogP contribution in [0.2, 0.25) is 0 Å². The van der Waals surface area contributed by atoms with Crippen molar-refractivity contribution in [2.75, 3.05) is 0 Å². The Morgan fingerprint density at radius 1 is 0.708 bits per heavy atom. The Labute approximate surface area is 146 Å². The summed E-state index contributed by atoms with van der Waals surface area (Å²) in [5, 5.41) is 15.4. The standard InChI is InChI=1S/C20H12BrNO2/c21-20-17-7-3-1-5-15(17)19(16-6-2-4-8-18(16)20)13-9-11-14(12-10-13)22(23)24/h1-12H. The largest absolute Gasteiger partial charge is 0.269 e. The van der Waals surface area contributed by atoms with Crippen LogP contribution in [-0.2, 0) is 0 Å².